The number of carbonyl (C=O) groups excluding carboxylic acids is 2. The molecular weight excluding hydrogens is 401 g/mol. The quantitative estimate of drug-likeness (QED) is 0.657. The highest BCUT2D eigenvalue weighted by atomic mass is 19.1. The molecule has 0 atom stereocenters. The second-order valence-corrected chi connectivity index (χ2v) is 7.73. The van der Waals surface area contributed by atoms with Crippen LogP contribution in [-0.4, -0.2) is 64.1 Å². The Bertz CT molecular complexity index is 1190. The number of rotatable bonds is 5. The molecule has 8 heteroatoms. The van der Waals surface area contributed by atoms with Gasteiger partial charge in [-0.2, -0.15) is 0 Å². The predicted molar refractivity (Wildman–Crippen MR) is 112 cm³/mol. The van der Waals surface area contributed by atoms with Crippen molar-refractivity contribution in [2.75, 3.05) is 27.2 Å². The summed E-state index contributed by atoms with van der Waals surface area (Å²) in [6.07, 6.45) is 2.03. The van der Waals surface area contributed by atoms with E-state index >= 15 is 0 Å². The van der Waals surface area contributed by atoms with Crippen LogP contribution in [-0.2, 0) is 13.0 Å². The molecule has 0 aliphatic carbocycles. The van der Waals surface area contributed by atoms with Crippen molar-refractivity contribution in [1.82, 2.24) is 14.8 Å². The molecule has 0 saturated carbocycles. The van der Waals surface area contributed by atoms with E-state index in [1.165, 1.54) is 21.9 Å². The average molecular weight is 423 g/mol. The zero-order valence-corrected chi connectivity index (χ0v) is 17.2. The van der Waals surface area contributed by atoms with Crippen LogP contribution in [0, 0.1) is 5.82 Å². The Morgan fingerprint density at radius 3 is 2.65 bits per heavy atom. The van der Waals surface area contributed by atoms with E-state index in [2.05, 4.69) is 4.98 Å². The van der Waals surface area contributed by atoms with E-state index in [1.807, 2.05) is 0 Å². The lowest BCUT2D eigenvalue weighted by atomic mass is 9.94. The number of aliphatic hydroxyl groups excluding tert-OH is 1. The lowest BCUT2D eigenvalue weighted by Gasteiger charge is -2.20. The molecule has 2 aromatic carbocycles. The first-order valence-corrected chi connectivity index (χ1v) is 9.84. The number of pyridine rings is 1. The maximum atomic E-state index is 13.3. The molecule has 160 valence electrons. The number of fused-ring (bicyclic) bond motifs is 2. The Morgan fingerprint density at radius 1 is 1.26 bits per heavy atom. The van der Waals surface area contributed by atoms with Crippen molar-refractivity contribution in [3.05, 3.63) is 70.2 Å². The fourth-order valence-electron chi connectivity index (χ4n) is 3.95. The third-order valence-corrected chi connectivity index (χ3v) is 5.55. The van der Waals surface area contributed by atoms with Gasteiger partial charge in [-0.05, 0) is 35.7 Å². The maximum Gasteiger partial charge on any atom is 0.258 e. The largest absolute Gasteiger partial charge is 0.505 e. The van der Waals surface area contributed by atoms with E-state index in [4.69, 9.17) is 0 Å². The molecule has 1 aromatic heterocycles. The number of aliphatic hydroxyl groups is 1. The first-order valence-electron chi connectivity index (χ1n) is 9.84. The molecule has 0 radical (unpaired) electrons. The Morgan fingerprint density at radius 2 is 1.97 bits per heavy atom. The molecule has 2 heterocycles. The predicted octanol–water partition coefficient (Wildman–Crippen LogP) is 2.32. The van der Waals surface area contributed by atoms with E-state index in [9.17, 15) is 24.2 Å². The van der Waals surface area contributed by atoms with Gasteiger partial charge in [-0.3, -0.25) is 14.6 Å². The number of phenols is 1. The Hall–Kier alpha value is -3.52. The maximum absolute atomic E-state index is 13.3. The number of halogens is 1. The van der Waals surface area contributed by atoms with E-state index < -0.39 is 0 Å². The van der Waals surface area contributed by atoms with Gasteiger partial charge in [0.05, 0.1) is 17.7 Å². The molecule has 0 unspecified atom stereocenters. The van der Waals surface area contributed by atoms with Crippen molar-refractivity contribution in [1.29, 1.82) is 0 Å². The zero-order valence-electron chi connectivity index (χ0n) is 17.2. The van der Waals surface area contributed by atoms with Crippen molar-refractivity contribution < 1.29 is 24.2 Å². The SMILES string of the molecule is CN1Cc2c(c(O)c3ncc(Cc4ccc(F)cc4)cc3c2C(=O)N(C)CCO)C1=O. The second-order valence-electron chi connectivity index (χ2n) is 7.73. The fourth-order valence-corrected chi connectivity index (χ4v) is 3.95. The number of likely N-dealkylation sites (N-methyl/N-ethyl adjacent to an activating group) is 1. The molecule has 2 N–H and O–H groups in total. The minimum absolute atomic E-state index is 0.0922. The molecule has 0 saturated heterocycles. The normalized spacial score (nSPS) is 13.0. The highest BCUT2D eigenvalue weighted by Gasteiger charge is 2.35. The number of amides is 2. The first kappa shape index (κ1) is 20.7. The van der Waals surface area contributed by atoms with Gasteiger partial charge in [0.1, 0.15) is 11.3 Å². The summed E-state index contributed by atoms with van der Waals surface area (Å²) in [6, 6.07) is 7.88. The van der Waals surface area contributed by atoms with Crippen LogP contribution in [0.15, 0.2) is 36.5 Å². The van der Waals surface area contributed by atoms with Crippen LogP contribution in [0.2, 0.25) is 0 Å². The summed E-state index contributed by atoms with van der Waals surface area (Å²) < 4.78 is 13.2. The smallest absolute Gasteiger partial charge is 0.258 e. The molecular formula is C23H22FN3O4. The molecule has 7 nitrogen and oxygen atoms in total. The van der Waals surface area contributed by atoms with Crippen LogP contribution in [0.1, 0.15) is 37.4 Å². The third-order valence-electron chi connectivity index (χ3n) is 5.55. The summed E-state index contributed by atoms with van der Waals surface area (Å²) in [7, 11) is 3.17. The van der Waals surface area contributed by atoms with Crippen LogP contribution >= 0.6 is 0 Å². The molecule has 3 aromatic rings. The van der Waals surface area contributed by atoms with E-state index in [0.29, 0.717) is 22.9 Å². The first-order chi connectivity index (χ1) is 14.8. The van der Waals surface area contributed by atoms with Gasteiger partial charge in [0.15, 0.2) is 5.75 Å². The number of aromatic hydroxyl groups is 1. The van der Waals surface area contributed by atoms with Crippen molar-refractivity contribution >= 4 is 22.7 Å². The van der Waals surface area contributed by atoms with Gasteiger partial charge < -0.3 is 20.0 Å². The molecule has 0 fully saturated rings. The topological polar surface area (TPSA) is 94.0 Å². The fraction of sp³-hybridized carbons (Fsp3) is 0.261. The number of carbonyl (C=O) groups is 2. The van der Waals surface area contributed by atoms with Crippen molar-refractivity contribution in [3.63, 3.8) is 0 Å². The van der Waals surface area contributed by atoms with Crippen LogP contribution in [0.5, 0.6) is 5.75 Å². The Kier molecular flexibility index (Phi) is 5.32. The number of aromatic nitrogens is 1. The van der Waals surface area contributed by atoms with Gasteiger partial charge in [0.25, 0.3) is 11.8 Å². The Balaban J connectivity index is 1.91. The van der Waals surface area contributed by atoms with Gasteiger partial charge in [0.2, 0.25) is 0 Å². The summed E-state index contributed by atoms with van der Waals surface area (Å²) >= 11 is 0. The standard InChI is InChI=1S/C23H22FN3O4/c1-26(7-8-28)22(30)18-16-10-14(9-13-3-5-15(24)6-4-13)11-25-20(16)21(29)19-17(18)12-27(2)23(19)31/h3-6,10-11,28-29H,7-9,12H2,1-2H3. The van der Waals surface area contributed by atoms with Gasteiger partial charge in [-0.25, -0.2) is 4.39 Å². The van der Waals surface area contributed by atoms with Gasteiger partial charge in [-0.1, -0.05) is 12.1 Å². The number of nitrogens with zero attached hydrogens (tertiary/aromatic N) is 3. The van der Waals surface area contributed by atoms with E-state index in [-0.39, 0.29) is 54.2 Å². The Labute approximate surface area is 178 Å². The number of phenolic OH excluding ortho intramolecular Hbond substituents is 1. The molecule has 2 amide bonds. The van der Waals surface area contributed by atoms with Crippen molar-refractivity contribution in [2.45, 2.75) is 13.0 Å². The van der Waals surface area contributed by atoms with Crippen LogP contribution in [0.4, 0.5) is 4.39 Å². The highest BCUT2D eigenvalue weighted by molar-refractivity contribution is 6.15. The molecule has 1 aliphatic rings. The van der Waals surface area contributed by atoms with Crippen molar-refractivity contribution in [2.24, 2.45) is 0 Å². The highest BCUT2D eigenvalue weighted by Crippen LogP contribution is 2.40. The molecule has 0 bridgehead atoms. The zero-order chi connectivity index (χ0) is 22.3. The minimum Gasteiger partial charge on any atom is -0.505 e. The summed E-state index contributed by atoms with van der Waals surface area (Å²) in [5.74, 6) is -1.30. The minimum atomic E-state index is -0.370. The molecule has 0 spiro atoms. The third kappa shape index (κ3) is 3.59. The second kappa shape index (κ2) is 7.96. The summed E-state index contributed by atoms with van der Waals surface area (Å²) in [5, 5.41) is 20.5. The lowest BCUT2D eigenvalue weighted by molar-refractivity contribution is 0.0764. The average Bonchev–Trinajstić information content (AvgIpc) is 3.04. The van der Waals surface area contributed by atoms with Crippen molar-refractivity contribution in [3.8, 4) is 5.75 Å². The summed E-state index contributed by atoms with van der Waals surface area (Å²) in [6.45, 7) is 0.115. The monoisotopic (exact) mass is 423 g/mol. The van der Waals surface area contributed by atoms with E-state index in [1.54, 1.807) is 38.5 Å². The summed E-state index contributed by atoms with van der Waals surface area (Å²) in [4.78, 5) is 33.1. The van der Waals surface area contributed by atoms with Gasteiger partial charge >= 0.3 is 0 Å². The van der Waals surface area contributed by atoms with E-state index in [0.717, 1.165) is 11.1 Å². The molecule has 4 rings (SSSR count). The van der Waals surface area contributed by atoms with Crippen LogP contribution < -0.4 is 0 Å². The molecule has 1 aliphatic heterocycles. The van der Waals surface area contributed by atoms with Gasteiger partial charge in [0, 0.05) is 44.3 Å². The number of benzene rings is 2. The van der Waals surface area contributed by atoms with Crippen LogP contribution in [0.3, 0.4) is 0 Å². The van der Waals surface area contributed by atoms with Gasteiger partial charge in [-0.15, -0.1) is 0 Å². The summed E-state index contributed by atoms with van der Waals surface area (Å²) in [5.41, 5.74) is 2.65. The van der Waals surface area contributed by atoms with Crippen LogP contribution in [0.25, 0.3) is 10.9 Å². The number of hydrogen-bond acceptors (Lipinski definition) is 5. The lowest BCUT2D eigenvalue weighted by Crippen LogP contribution is -2.30. The molecule has 31 heavy (non-hydrogen) atoms. The number of hydrogen-bond donors (Lipinski definition) is 2.